The standard InChI is InChI=1S/C16H21NO5/c1-20-12-6-4-5-11(7-12)8-15(18)17-10-13(21-2)9-14(17)16(19)22-3/h4-7,13-14H,8-10H2,1-3H3/t13-,14-/m1/s1. The minimum atomic E-state index is -0.576. The van der Waals surface area contributed by atoms with Crippen molar-refractivity contribution in [2.24, 2.45) is 0 Å². The van der Waals surface area contributed by atoms with Crippen molar-refractivity contribution in [1.82, 2.24) is 4.90 Å². The molecule has 1 saturated heterocycles. The summed E-state index contributed by atoms with van der Waals surface area (Å²) in [6, 6.07) is 6.75. The lowest BCUT2D eigenvalue weighted by atomic mass is 10.1. The summed E-state index contributed by atoms with van der Waals surface area (Å²) in [7, 11) is 4.49. The zero-order valence-corrected chi connectivity index (χ0v) is 13.1. The topological polar surface area (TPSA) is 65.1 Å². The molecule has 1 aliphatic heterocycles. The van der Waals surface area contributed by atoms with Gasteiger partial charge in [0.15, 0.2) is 0 Å². The molecular weight excluding hydrogens is 286 g/mol. The summed E-state index contributed by atoms with van der Waals surface area (Å²) in [5.74, 6) is 0.174. The van der Waals surface area contributed by atoms with Gasteiger partial charge in [-0.05, 0) is 17.7 Å². The van der Waals surface area contributed by atoms with Gasteiger partial charge in [0.1, 0.15) is 11.8 Å². The molecule has 0 aromatic heterocycles. The molecule has 0 N–H and O–H groups in total. The number of likely N-dealkylation sites (tertiary alicyclic amines) is 1. The summed E-state index contributed by atoms with van der Waals surface area (Å²) in [6.45, 7) is 0.402. The first-order valence-corrected chi connectivity index (χ1v) is 7.12. The second-order valence-corrected chi connectivity index (χ2v) is 5.21. The maximum absolute atomic E-state index is 12.5. The molecule has 0 saturated carbocycles. The molecule has 6 nitrogen and oxygen atoms in total. The van der Waals surface area contributed by atoms with Gasteiger partial charge in [0.05, 0.1) is 26.7 Å². The number of nitrogens with zero attached hydrogens (tertiary/aromatic N) is 1. The normalized spacial score (nSPS) is 20.8. The van der Waals surface area contributed by atoms with Gasteiger partial charge in [-0.2, -0.15) is 0 Å². The van der Waals surface area contributed by atoms with Crippen LogP contribution in [0.25, 0.3) is 0 Å². The first-order chi connectivity index (χ1) is 10.6. The SMILES string of the molecule is COC(=O)[C@H]1C[C@@H](OC)CN1C(=O)Cc1cccc(OC)c1. The van der Waals surface area contributed by atoms with E-state index in [1.807, 2.05) is 24.3 Å². The van der Waals surface area contributed by atoms with Gasteiger partial charge < -0.3 is 19.1 Å². The lowest BCUT2D eigenvalue weighted by Crippen LogP contribution is -2.42. The van der Waals surface area contributed by atoms with Crippen molar-refractivity contribution >= 4 is 11.9 Å². The fourth-order valence-electron chi connectivity index (χ4n) is 2.66. The van der Waals surface area contributed by atoms with Gasteiger partial charge in [-0.3, -0.25) is 4.79 Å². The van der Waals surface area contributed by atoms with Gasteiger partial charge in [0, 0.05) is 20.1 Å². The summed E-state index contributed by atoms with van der Waals surface area (Å²) >= 11 is 0. The fourth-order valence-corrected chi connectivity index (χ4v) is 2.66. The fraction of sp³-hybridized carbons (Fsp3) is 0.500. The Balaban J connectivity index is 2.10. The van der Waals surface area contributed by atoms with E-state index in [0.717, 1.165) is 5.56 Å². The highest BCUT2D eigenvalue weighted by Crippen LogP contribution is 2.23. The minimum absolute atomic E-state index is 0.122. The Hall–Kier alpha value is -2.08. The van der Waals surface area contributed by atoms with Crippen LogP contribution in [-0.4, -0.2) is 56.8 Å². The van der Waals surface area contributed by atoms with E-state index >= 15 is 0 Å². The van der Waals surface area contributed by atoms with E-state index in [1.54, 1.807) is 19.1 Å². The summed E-state index contributed by atoms with van der Waals surface area (Å²) in [5.41, 5.74) is 0.842. The maximum atomic E-state index is 12.5. The average molecular weight is 307 g/mol. The Labute approximate surface area is 129 Å². The molecule has 2 rings (SSSR count). The smallest absolute Gasteiger partial charge is 0.328 e. The molecule has 1 aromatic carbocycles. The molecule has 22 heavy (non-hydrogen) atoms. The van der Waals surface area contributed by atoms with Crippen LogP contribution in [0, 0.1) is 0 Å². The molecule has 1 fully saturated rings. The van der Waals surface area contributed by atoms with Crippen LogP contribution < -0.4 is 4.74 Å². The second-order valence-electron chi connectivity index (χ2n) is 5.21. The van der Waals surface area contributed by atoms with Gasteiger partial charge in [-0.15, -0.1) is 0 Å². The predicted octanol–water partition coefficient (Wildman–Crippen LogP) is 1.03. The molecule has 0 unspecified atom stereocenters. The summed E-state index contributed by atoms with van der Waals surface area (Å²) < 4.78 is 15.2. The third-order valence-corrected chi connectivity index (χ3v) is 3.88. The van der Waals surface area contributed by atoms with E-state index in [0.29, 0.717) is 18.7 Å². The van der Waals surface area contributed by atoms with Gasteiger partial charge in [0.2, 0.25) is 5.91 Å². The molecular formula is C16H21NO5. The van der Waals surface area contributed by atoms with E-state index in [1.165, 1.54) is 7.11 Å². The van der Waals surface area contributed by atoms with Crippen molar-refractivity contribution in [2.75, 3.05) is 27.9 Å². The molecule has 6 heteroatoms. The Morgan fingerprint density at radius 2 is 2.05 bits per heavy atom. The average Bonchev–Trinajstić information content (AvgIpc) is 2.98. The third kappa shape index (κ3) is 3.57. The zero-order valence-electron chi connectivity index (χ0n) is 13.1. The zero-order chi connectivity index (χ0) is 16.1. The molecule has 1 amide bonds. The van der Waals surface area contributed by atoms with E-state index in [2.05, 4.69) is 0 Å². The summed E-state index contributed by atoms with van der Waals surface area (Å²) in [6.07, 6.45) is 0.534. The number of methoxy groups -OCH3 is 3. The first-order valence-electron chi connectivity index (χ1n) is 7.12. The van der Waals surface area contributed by atoms with Crippen LogP contribution in [0.2, 0.25) is 0 Å². The third-order valence-electron chi connectivity index (χ3n) is 3.88. The van der Waals surface area contributed by atoms with Gasteiger partial charge in [-0.25, -0.2) is 4.79 Å². The highest BCUT2D eigenvalue weighted by atomic mass is 16.5. The van der Waals surface area contributed by atoms with Crippen molar-refractivity contribution in [3.63, 3.8) is 0 Å². The number of amides is 1. The summed E-state index contributed by atoms with van der Waals surface area (Å²) in [4.78, 5) is 25.9. The Bertz CT molecular complexity index is 545. The maximum Gasteiger partial charge on any atom is 0.328 e. The van der Waals surface area contributed by atoms with Gasteiger partial charge >= 0.3 is 5.97 Å². The van der Waals surface area contributed by atoms with E-state index < -0.39 is 12.0 Å². The minimum Gasteiger partial charge on any atom is -0.497 e. The largest absolute Gasteiger partial charge is 0.497 e. The van der Waals surface area contributed by atoms with Crippen molar-refractivity contribution < 1.29 is 23.8 Å². The molecule has 2 atom stereocenters. The number of rotatable bonds is 5. The van der Waals surface area contributed by atoms with Crippen LogP contribution in [-0.2, 0) is 25.5 Å². The lowest BCUT2D eigenvalue weighted by Gasteiger charge is -2.22. The van der Waals surface area contributed by atoms with Crippen LogP contribution in [0.15, 0.2) is 24.3 Å². The first kappa shape index (κ1) is 16.3. The molecule has 120 valence electrons. The molecule has 1 heterocycles. The molecule has 0 aliphatic carbocycles. The molecule has 0 spiro atoms. The molecule has 0 bridgehead atoms. The van der Waals surface area contributed by atoms with E-state index in [4.69, 9.17) is 14.2 Å². The quantitative estimate of drug-likeness (QED) is 0.760. The number of hydrogen-bond acceptors (Lipinski definition) is 5. The Morgan fingerprint density at radius 3 is 2.68 bits per heavy atom. The monoisotopic (exact) mass is 307 g/mol. The second kappa shape index (κ2) is 7.26. The van der Waals surface area contributed by atoms with Crippen molar-refractivity contribution in [3.8, 4) is 5.75 Å². The summed E-state index contributed by atoms with van der Waals surface area (Å²) in [5, 5.41) is 0. The molecule has 1 aliphatic rings. The van der Waals surface area contributed by atoms with Crippen LogP contribution in [0.1, 0.15) is 12.0 Å². The van der Waals surface area contributed by atoms with Gasteiger partial charge in [0.25, 0.3) is 0 Å². The molecule has 0 radical (unpaired) electrons. The van der Waals surface area contributed by atoms with Crippen LogP contribution in [0.4, 0.5) is 0 Å². The van der Waals surface area contributed by atoms with Crippen LogP contribution in [0.3, 0.4) is 0 Å². The predicted molar refractivity (Wildman–Crippen MR) is 79.6 cm³/mol. The van der Waals surface area contributed by atoms with Crippen molar-refractivity contribution in [1.29, 1.82) is 0 Å². The van der Waals surface area contributed by atoms with Crippen molar-refractivity contribution in [2.45, 2.75) is 25.0 Å². The van der Waals surface area contributed by atoms with Crippen LogP contribution in [0.5, 0.6) is 5.75 Å². The number of benzene rings is 1. The number of carbonyl (C=O) groups is 2. The molecule has 1 aromatic rings. The Kier molecular flexibility index (Phi) is 5.38. The lowest BCUT2D eigenvalue weighted by molar-refractivity contribution is -0.150. The Morgan fingerprint density at radius 1 is 1.27 bits per heavy atom. The van der Waals surface area contributed by atoms with Gasteiger partial charge in [-0.1, -0.05) is 12.1 Å². The number of carbonyl (C=O) groups excluding carboxylic acids is 2. The van der Waals surface area contributed by atoms with E-state index in [9.17, 15) is 9.59 Å². The number of ether oxygens (including phenoxy) is 3. The van der Waals surface area contributed by atoms with Crippen molar-refractivity contribution in [3.05, 3.63) is 29.8 Å². The van der Waals surface area contributed by atoms with E-state index in [-0.39, 0.29) is 18.4 Å². The van der Waals surface area contributed by atoms with Crippen LogP contribution >= 0.6 is 0 Å². The highest BCUT2D eigenvalue weighted by Gasteiger charge is 2.40. The number of hydrogen-bond donors (Lipinski definition) is 0. The number of esters is 1. The highest BCUT2D eigenvalue weighted by molar-refractivity contribution is 5.86.